The first kappa shape index (κ1) is 16.7. The third-order valence-electron chi connectivity index (χ3n) is 4.13. The standard InChI is InChI=1S/C15H22N2O4S/c1-3-16(13-8-10-22(20,21)11-13)15(19)7-9-17-12(2)5-4-6-14(17)18/h4-6,13H,3,7-11H2,1-2H3/t13-/m0/s1. The Hall–Kier alpha value is -1.63. The van der Waals surface area contributed by atoms with Gasteiger partial charge in [0.05, 0.1) is 11.5 Å². The van der Waals surface area contributed by atoms with Crippen LogP contribution in [0.4, 0.5) is 0 Å². The summed E-state index contributed by atoms with van der Waals surface area (Å²) in [6.45, 7) is 4.48. The lowest BCUT2D eigenvalue weighted by Gasteiger charge is -2.27. The van der Waals surface area contributed by atoms with Crippen LogP contribution in [0.5, 0.6) is 0 Å². The summed E-state index contributed by atoms with van der Waals surface area (Å²) in [5, 5.41) is 0. The summed E-state index contributed by atoms with van der Waals surface area (Å²) in [4.78, 5) is 25.8. The van der Waals surface area contributed by atoms with Gasteiger partial charge in [-0.25, -0.2) is 8.42 Å². The molecular weight excluding hydrogens is 304 g/mol. The van der Waals surface area contributed by atoms with Gasteiger partial charge in [0.15, 0.2) is 9.84 Å². The summed E-state index contributed by atoms with van der Waals surface area (Å²) in [5.41, 5.74) is 0.686. The van der Waals surface area contributed by atoms with E-state index in [-0.39, 0.29) is 35.4 Å². The zero-order valence-electron chi connectivity index (χ0n) is 13.0. The van der Waals surface area contributed by atoms with Crippen molar-refractivity contribution in [2.24, 2.45) is 0 Å². The fraction of sp³-hybridized carbons (Fsp3) is 0.600. The molecule has 0 aliphatic carbocycles. The number of hydrogen-bond acceptors (Lipinski definition) is 4. The summed E-state index contributed by atoms with van der Waals surface area (Å²) >= 11 is 0. The maximum atomic E-state index is 12.4. The van der Waals surface area contributed by atoms with Gasteiger partial charge < -0.3 is 9.47 Å². The van der Waals surface area contributed by atoms with Crippen LogP contribution in [0.3, 0.4) is 0 Å². The molecule has 0 saturated carbocycles. The fourth-order valence-corrected chi connectivity index (χ4v) is 4.65. The first-order valence-corrected chi connectivity index (χ1v) is 9.32. The minimum absolute atomic E-state index is 0.0525. The molecular formula is C15H22N2O4S. The van der Waals surface area contributed by atoms with Crippen LogP contribution in [-0.4, -0.2) is 47.9 Å². The molecule has 0 N–H and O–H groups in total. The van der Waals surface area contributed by atoms with E-state index in [1.807, 2.05) is 19.9 Å². The molecule has 1 amide bonds. The van der Waals surface area contributed by atoms with Gasteiger partial charge in [0.1, 0.15) is 0 Å². The zero-order valence-corrected chi connectivity index (χ0v) is 13.8. The third-order valence-corrected chi connectivity index (χ3v) is 5.88. The Kier molecular flexibility index (Phi) is 5.05. The molecule has 1 aromatic rings. The number of aromatic nitrogens is 1. The molecule has 2 heterocycles. The average molecular weight is 326 g/mol. The minimum Gasteiger partial charge on any atom is -0.339 e. The lowest BCUT2D eigenvalue weighted by atomic mass is 10.2. The number of amides is 1. The Bertz CT molecular complexity index is 708. The Balaban J connectivity index is 2.03. The van der Waals surface area contributed by atoms with E-state index in [1.54, 1.807) is 15.5 Å². The molecule has 7 heteroatoms. The summed E-state index contributed by atoms with van der Waals surface area (Å²) in [5.74, 6) is 0.107. The third kappa shape index (κ3) is 3.76. The highest BCUT2D eigenvalue weighted by molar-refractivity contribution is 7.91. The predicted molar refractivity (Wildman–Crippen MR) is 84.5 cm³/mol. The van der Waals surface area contributed by atoms with Crippen LogP contribution in [0.15, 0.2) is 23.0 Å². The van der Waals surface area contributed by atoms with Gasteiger partial charge in [0, 0.05) is 37.3 Å². The van der Waals surface area contributed by atoms with Gasteiger partial charge in [0.25, 0.3) is 5.56 Å². The number of aryl methyl sites for hydroxylation is 1. The van der Waals surface area contributed by atoms with Crippen LogP contribution >= 0.6 is 0 Å². The van der Waals surface area contributed by atoms with Crippen molar-refractivity contribution in [3.05, 3.63) is 34.2 Å². The highest BCUT2D eigenvalue weighted by atomic mass is 32.2. The summed E-state index contributed by atoms with van der Waals surface area (Å²) < 4.78 is 24.7. The van der Waals surface area contributed by atoms with Crippen LogP contribution in [0.2, 0.25) is 0 Å². The summed E-state index contributed by atoms with van der Waals surface area (Å²) in [6.07, 6.45) is 0.710. The quantitative estimate of drug-likeness (QED) is 0.793. The van der Waals surface area contributed by atoms with Crippen LogP contribution < -0.4 is 5.56 Å². The van der Waals surface area contributed by atoms with Gasteiger partial charge >= 0.3 is 0 Å². The Morgan fingerprint density at radius 1 is 1.41 bits per heavy atom. The van der Waals surface area contributed by atoms with Gasteiger partial charge in [-0.1, -0.05) is 6.07 Å². The molecule has 0 spiro atoms. The van der Waals surface area contributed by atoms with Gasteiger partial charge in [-0.2, -0.15) is 0 Å². The predicted octanol–water partition coefficient (Wildman–Crippen LogP) is 0.582. The number of sulfone groups is 1. The Labute approximate surface area is 130 Å². The van der Waals surface area contributed by atoms with Crippen molar-refractivity contribution in [3.8, 4) is 0 Å². The molecule has 0 aromatic carbocycles. The van der Waals surface area contributed by atoms with Crippen molar-refractivity contribution in [2.75, 3.05) is 18.1 Å². The van der Waals surface area contributed by atoms with Gasteiger partial charge in [0.2, 0.25) is 5.91 Å². The minimum atomic E-state index is -3.01. The van der Waals surface area contributed by atoms with E-state index in [1.165, 1.54) is 6.07 Å². The van der Waals surface area contributed by atoms with E-state index in [0.29, 0.717) is 19.5 Å². The highest BCUT2D eigenvalue weighted by Crippen LogP contribution is 2.18. The lowest BCUT2D eigenvalue weighted by Crippen LogP contribution is -2.41. The summed E-state index contributed by atoms with van der Waals surface area (Å²) in [7, 11) is -3.01. The molecule has 122 valence electrons. The smallest absolute Gasteiger partial charge is 0.250 e. The van der Waals surface area contributed by atoms with E-state index in [2.05, 4.69) is 0 Å². The molecule has 1 aliphatic rings. The molecule has 0 unspecified atom stereocenters. The second-order valence-corrected chi connectivity index (χ2v) is 7.87. The van der Waals surface area contributed by atoms with E-state index >= 15 is 0 Å². The van der Waals surface area contributed by atoms with Crippen molar-refractivity contribution >= 4 is 15.7 Å². The molecule has 1 saturated heterocycles. The number of hydrogen-bond donors (Lipinski definition) is 0. The number of carbonyl (C=O) groups excluding carboxylic acids is 1. The van der Waals surface area contributed by atoms with Gasteiger partial charge in [-0.05, 0) is 26.3 Å². The van der Waals surface area contributed by atoms with Crippen LogP contribution in [0, 0.1) is 6.92 Å². The second-order valence-electron chi connectivity index (χ2n) is 5.64. The SMILES string of the molecule is CCN(C(=O)CCn1c(C)cccc1=O)[C@H]1CCS(=O)(=O)C1. The highest BCUT2D eigenvalue weighted by Gasteiger charge is 2.33. The topological polar surface area (TPSA) is 76.5 Å². The average Bonchev–Trinajstić information content (AvgIpc) is 2.79. The Morgan fingerprint density at radius 3 is 2.68 bits per heavy atom. The zero-order chi connectivity index (χ0) is 16.3. The van der Waals surface area contributed by atoms with Crippen molar-refractivity contribution in [1.29, 1.82) is 0 Å². The van der Waals surface area contributed by atoms with Crippen LogP contribution in [0.25, 0.3) is 0 Å². The van der Waals surface area contributed by atoms with Crippen molar-refractivity contribution in [3.63, 3.8) is 0 Å². The second kappa shape index (κ2) is 6.64. The molecule has 1 aromatic heterocycles. The molecule has 1 aliphatic heterocycles. The first-order chi connectivity index (χ1) is 10.3. The van der Waals surface area contributed by atoms with E-state index in [4.69, 9.17) is 0 Å². The monoisotopic (exact) mass is 326 g/mol. The lowest BCUT2D eigenvalue weighted by molar-refractivity contribution is -0.133. The first-order valence-electron chi connectivity index (χ1n) is 7.50. The Morgan fingerprint density at radius 2 is 2.14 bits per heavy atom. The largest absolute Gasteiger partial charge is 0.339 e. The number of pyridine rings is 1. The molecule has 0 bridgehead atoms. The van der Waals surface area contributed by atoms with Crippen LogP contribution in [0.1, 0.15) is 25.5 Å². The van der Waals surface area contributed by atoms with E-state index < -0.39 is 9.84 Å². The fourth-order valence-electron chi connectivity index (χ4n) is 2.92. The number of rotatable bonds is 5. The number of carbonyl (C=O) groups is 1. The molecule has 6 nitrogen and oxygen atoms in total. The molecule has 0 radical (unpaired) electrons. The molecule has 1 fully saturated rings. The molecule has 1 atom stereocenters. The van der Waals surface area contributed by atoms with E-state index in [0.717, 1.165) is 5.69 Å². The van der Waals surface area contributed by atoms with Gasteiger partial charge in [-0.3, -0.25) is 9.59 Å². The number of nitrogens with zero attached hydrogens (tertiary/aromatic N) is 2. The molecule has 22 heavy (non-hydrogen) atoms. The molecule has 2 rings (SSSR count). The van der Waals surface area contributed by atoms with E-state index in [9.17, 15) is 18.0 Å². The summed E-state index contributed by atoms with van der Waals surface area (Å²) in [6, 6.07) is 4.76. The normalized spacial score (nSPS) is 20.0. The van der Waals surface area contributed by atoms with Gasteiger partial charge in [-0.15, -0.1) is 0 Å². The maximum Gasteiger partial charge on any atom is 0.250 e. The van der Waals surface area contributed by atoms with Crippen molar-refractivity contribution in [1.82, 2.24) is 9.47 Å². The van der Waals surface area contributed by atoms with Crippen LogP contribution in [-0.2, 0) is 21.2 Å². The van der Waals surface area contributed by atoms with Crippen molar-refractivity contribution in [2.45, 2.75) is 39.3 Å². The van der Waals surface area contributed by atoms with Crippen molar-refractivity contribution < 1.29 is 13.2 Å². The maximum absolute atomic E-state index is 12.4.